The summed E-state index contributed by atoms with van der Waals surface area (Å²) >= 11 is 0. The van der Waals surface area contributed by atoms with Gasteiger partial charge in [0, 0.05) is 0 Å². The van der Waals surface area contributed by atoms with Crippen LogP contribution in [-0.4, -0.2) is 19.6 Å². The highest BCUT2D eigenvalue weighted by Crippen LogP contribution is 2.47. The van der Waals surface area contributed by atoms with E-state index in [9.17, 15) is 4.79 Å². The zero-order valence-corrected chi connectivity index (χ0v) is 9.60. The van der Waals surface area contributed by atoms with Crippen molar-refractivity contribution in [3.8, 4) is 0 Å². The second kappa shape index (κ2) is 2.59. The molecule has 1 rings (SSSR count). The molecule has 1 aliphatic rings. The van der Waals surface area contributed by atoms with Crippen LogP contribution in [0.3, 0.4) is 0 Å². The van der Waals surface area contributed by atoms with E-state index in [2.05, 4.69) is 33.5 Å². The molecule has 70 valence electrons. The fraction of sp³-hybridized carbons (Fsp3) is 0.889. The highest BCUT2D eigenvalue weighted by molar-refractivity contribution is 6.81. The zero-order valence-electron chi connectivity index (χ0n) is 8.60. The fourth-order valence-electron chi connectivity index (χ4n) is 2.08. The summed E-state index contributed by atoms with van der Waals surface area (Å²) in [6.07, 6.45) is 0.938. The van der Waals surface area contributed by atoms with E-state index in [1.54, 1.807) is 0 Å². The van der Waals surface area contributed by atoms with Crippen molar-refractivity contribution in [2.45, 2.75) is 51.1 Å². The normalized spacial score (nSPS) is 35.8. The van der Waals surface area contributed by atoms with Crippen molar-refractivity contribution in [1.82, 2.24) is 0 Å². The summed E-state index contributed by atoms with van der Waals surface area (Å²) in [4.78, 5) is 11.3. The van der Waals surface area contributed by atoms with Crippen LogP contribution in [0.2, 0.25) is 25.2 Å². The van der Waals surface area contributed by atoms with Crippen molar-refractivity contribution < 1.29 is 9.53 Å². The van der Waals surface area contributed by atoms with Gasteiger partial charge in [-0.15, -0.1) is 0 Å². The molecule has 12 heavy (non-hydrogen) atoms. The lowest BCUT2D eigenvalue weighted by Gasteiger charge is -2.50. The number of cyclic esters (lactones) is 1. The van der Waals surface area contributed by atoms with Crippen molar-refractivity contribution in [1.29, 1.82) is 0 Å². The first kappa shape index (κ1) is 9.77. The second-order valence-corrected chi connectivity index (χ2v) is 10.2. The van der Waals surface area contributed by atoms with Crippen LogP contribution in [0.4, 0.5) is 0 Å². The Balaban J connectivity index is 2.82. The molecule has 3 heteroatoms. The molecule has 2 unspecified atom stereocenters. The van der Waals surface area contributed by atoms with Gasteiger partial charge in [0.05, 0.1) is 13.6 Å². The second-order valence-electron chi connectivity index (χ2n) is 4.89. The van der Waals surface area contributed by atoms with Crippen LogP contribution in [0.15, 0.2) is 0 Å². The molecular formula is C9H18O2Si. The topological polar surface area (TPSA) is 26.3 Å². The lowest BCUT2D eigenvalue weighted by atomic mass is 9.93. The summed E-state index contributed by atoms with van der Waals surface area (Å²) in [5.74, 6) is 0.0264. The minimum absolute atomic E-state index is 0.0264. The van der Waals surface area contributed by atoms with Gasteiger partial charge in [0.15, 0.2) is 0 Å². The molecule has 2 nitrogen and oxygen atoms in total. The summed E-state index contributed by atoms with van der Waals surface area (Å²) in [6, 6.07) is 0. The number of rotatable bonds is 2. The molecule has 0 N–H and O–H groups in total. The average Bonchev–Trinajstić information content (AvgIpc) is 1.82. The molecule has 0 aliphatic carbocycles. The first-order valence-corrected chi connectivity index (χ1v) is 8.12. The molecule has 0 amide bonds. The molecule has 1 heterocycles. The maximum Gasteiger partial charge on any atom is 0.310 e. The molecule has 1 saturated heterocycles. The average molecular weight is 186 g/mol. The fourth-order valence-corrected chi connectivity index (χ4v) is 4.95. The molecule has 0 spiro atoms. The van der Waals surface area contributed by atoms with E-state index in [4.69, 9.17) is 4.74 Å². The standard InChI is InChI=1S/C9H18O2Si/c1-6-9(2)7(8(10)11-9)12(3,4)5/h7H,6H2,1-5H3. The maximum atomic E-state index is 11.3. The zero-order chi connectivity index (χ0) is 9.57. The number of carbonyl (C=O) groups is 1. The van der Waals surface area contributed by atoms with Crippen LogP contribution in [0.5, 0.6) is 0 Å². The molecule has 0 bridgehead atoms. The quantitative estimate of drug-likeness (QED) is 0.489. The Morgan fingerprint density at radius 3 is 2.17 bits per heavy atom. The van der Waals surface area contributed by atoms with Gasteiger partial charge < -0.3 is 4.74 Å². The molecule has 0 aromatic carbocycles. The van der Waals surface area contributed by atoms with Crippen molar-refractivity contribution in [3.63, 3.8) is 0 Å². The largest absolute Gasteiger partial charge is 0.459 e. The van der Waals surface area contributed by atoms with Crippen molar-refractivity contribution in [2.75, 3.05) is 0 Å². The Labute approximate surface area is 75.3 Å². The first-order valence-electron chi connectivity index (χ1n) is 4.54. The van der Waals surface area contributed by atoms with E-state index in [1.807, 2.05) is 0 Å². The molecule has 1 fully saturated rings. The van der Waals surface area contributed by atoms with Crippen LogP contribution >= 0.6 is 0 Å². The summed E-state index contributed by atoms with van der Waals surface area (Å²) in [5.41, 5.74) is 0.0525. The van der Waals surface area contributed by atoms with Gasteiger partial charge in [0.25, 0.3) is 0 Å². The SMILES string of the molecule is CCC1(C)OC(=O)C1[Si](C)(C)C. The monoisotopic (exact) mass is 186 g/mol. The maximum absolute atomic E-state index is 11.3. The van der Waals surface area contributed by atoms with Gasteiger partial charge in [-0.1, -0.05) is 26.6 Å². The van der Waals surface area contributed by atoms with Gasteiger partial charge in [0.2, 0.25) is 0 Å². The van der Waals surface area contributed by atoms with Crippen LogP contribution < -0.4 is 0 Å². The Bertz CT molecular complexity index is 207. The van der Waals surface area contributed by atoms with Crippen LogP contribution in [0.25, 0.3) is 0 Å². The molecule has 0 aromatic rings. The lowest BCUT2D eigenvalue weighted by molar-refractivity contribution is -0.188. The summed E-state index contributed by atoms with van der Waals surface area (Å²) in [7, 11) is -1.37. The van der Waals surface area contributed by atoms with Crippen LogP contribution in [0, 0.1) is 0 Å². The van der Waals surface area contributed by atoms with E-state index in [0.29, 0.717) is 0 Å². The minimum atomic E-state index is -1.37. The molecular weight excluding hydrogens is 168 g/mol. The Morgan fingerprint density at radius 1 is 1.50 bits per heavy atom. The Hall–Kier alpha value is -0.313. The van der Waals surface area contributed by atoms with E-state index in [0.717, 1.165) is 6.42 Å². The van der Waals surface area contributed by atoms with E-state index in [-0.39, 0.29) is 17.1 Å². The van der Waals surface area contributed by atoms with Gasteiger partial charge >= 0.3 is 5.97 Å². The number of hydrogen-bond donors (Lipinski definition) is 0. The van der Waals surface area contributed by atoms with Crippen LogP contribution in [-0.2, 0) is 9.53 Å². The van der Waals surface area contributed by atoms with Gasteiger partial charge in [-0.2, -0.15) is 0 Å². The van der Waals surface area contributed by atoms with Gasteiger partial charge in [-0.3, -0.25) is 4.79 Å². The van der Waals surface area contributed by atoms with Gasteiger partial charge in [-0.05, 0) is 13.3 Å². The number of hydrogen-bond acceptors (Lipinski definition) is 2. The smallest absolute Gasteiger partial charge is 0.310 e. The number of ether oxygens (including phenoxy) is 1. The van der Waals surface area contributed by atoms with Gasteiger partial charge in [0.1, 0.15) is 5.60 Å². The summed E-state index contributed by atoms with van der Waals surface area (Å²) in [5, 5.41) is 0. The third-order valence-corrected chi connectivity index (χ3v) is 5.33. The van der Waals surface area contributed by atoms with Crippen molar-refractivity contribution in [2.24, 2.45) is 0 Å². The molecule has 0 radical (unpaired) electrons. The number of esters is 1. The highest BCUT2D eigenvalue weighted by atomic mass is 28.3. The predicted octanol–water partition coefficient (Wildman–Crippen LogP) is 2.42. The van der Waals surface area contributed by atoms with E-state index >= 15 is 0 Å². The van der Waals surface area contributed by atoms with E-state index in [1.165, 1.54) is 0 Å². The minimum Gasteiger partial charge on any atom is -0.459 e. The molecule has 1 aliphatic heterocycles. The third kappa shape index (κ3) is 1.30. The third-order valence-electron chi connectivity index (χ3n) is 2.75. The predicted molar refractivity (Wildman–Crippen MR) is 51.9 cm³/mol. The van der Waals surface area contributed by atoms with Gasteiger partial charge in [-0.25, -0.2) is 0 Å². The summed E-state index contributed by atoms with van der Waals surface area (Å²) in [6.45, 7) is 10.8. The molecule has 0 saturated carbocycles. The van der Waals surface area contributed by atoms with E-state index < -0.39 is 8.07 Å². The molecule has 0 aromatic heterocycles. The van der Waals surface area contributed by atoms with Crippen LogP contribution in [0.1, 0.15) is 20.3 Å². The Kier molecular flexibility index (Phi) is 2.11. The summed E-state index contributed by atoms with van der Waals surface area (Å²) < 4.78 is 5.21. The molecule has 2 atom stereocenters. The highest BCUT2D eigenvalue weighted by Gasteiger charge is 2.57. The van der Waals surface area contributed by atoms with Crippen molar-refractivity contribution in [3.05, 3.63) is 0 Å². The lowest BCUT2D eigenvalue weighted by Crippen LogP contribution is -2.59. The first-order chi connectivity index (χ1) is 5.31. The van der Waals surface area contributed by atoms with Crippen molar-refractivity contribution >= 4 is 14.0 Å². The number of carbonyl (C=O) groups excluding carboxylic acids is 1. The Morgan fingerprint density at radius 2 is 2.00 bits per heavy atom.